The lowest BCUT2D eigenvalue weighted by atomic mass is 10.1. The first-order valence-corrected chi connectivity index (χ1v) is 9.76. The zero-order valence-electron chi connectivity index (χ0n) is 16.5. The summed E-state index contributed by atoms with van der Waals surface area (Å²) < 4.78 is 16.6. The summed E-state index contributed by atoms with van der Waals surface area (Å²) in [6, 6.07) is 13.0. The normalized spacial score (nSPS) is 10.6. The SMILES string of the molecule is COc1ccc(CC(=O)OCC(=O)N(C)Cc2nc3ccccc3s2)cc1OC. The fourth-order valence-corrected chi connectivity index (χ4v) is 3.76. The lowest BCUT2D eigenvalue weighted by Gasteiger charge is -2.15. The standard InChI is InChI=1S/C21H22N2O5S/c1-23(12-19-22-15-6-4-5-7-18(15)29-19)20(24)13-28-21(25)11-14-8-9-16(26-2)17(10-14)27-3/h4-10H,11-13H2,1-3H3. The topological polar surface area (TPSA) is 78.0 Å². The number of likely N-dealkylation sites (N-methyl/N-ethyl adjacent to an activating group) is 1. The second kappa shape index (κ2) is 9.38. The highest BCUT2D eigenvalue weighted by Crippen LogP contribution is 2.27. The van der Waals surface area contributed by atoms with Crippen molar-refractivity contribution in [1.82, 2.24) is 9.88 Å². The number of amides is 1. The third-order valence-corrected chi connectivity index (χ3v) is 5.31. The van der Waals surface area contributed by atoms with Crippen LogP contribution in [0.25, 0.3) is 10.2 Å². The molecule has 0 N–H and O–H groups in total. The molecule has 0 atom stereocenters. The number of ether oxygens (including phenoxy) is 3. The van der Waals surface area contributed by atoms with Gasteiger partial charge >= 0.3 is 5.97 Å². The summed E-state index contributed by atoms with van der Waals surface area (Å²) in [6.07, 6.45) is 0.0369. The van der Waals surface area contributed by atoms with E-state index in [0.29, 0.717) is 23.6 Å². The molecule has 0 aliphatic carbocycles. The Morgan fingerprint density at radius 2 is 1.83 bits per heavy atom. The lowest BCUT2D eigenvalue weighted by molar-refractivity contribution is -0.151. The van der Waals surface area contributed by atoms with Crippen molar-refractivity contribution in [3.05, 3.63) is 53.0 Å². The van der Waals surface area contributed by atoms with E-state index in [-0.39, 0.29) is 18.9 Å². The highest BCUT2D eigenvalue weighted by atomic mass is 32.1. The predicted octanol–water partition coefficient (Wildman–Crippen LogP) is 3.06. The largest absolute Gasteiger partial charge is 0.493 e. The van der Waals surface area contributed by atoms with Gasteiger partial charge in [0.1, 0.15) is 5.01 Å². The van der Waals surface area contributed by atoms with Gasteiger partial charge in [0, 0.05) is 7.05 Å². The van der Waals surface area contributed by atoms with Crippen molar-refractivity contribution in [2.24, 2.45) is 0 Å². The third kappa shape index (κ3) is 5.23. The zero-order chi connectivity index (χ0) is 20.8. The number of thiazole rings is 1. The van der Waals surface area contributed by atoms with E-state index in [4.69, 9.17) is 14.2 Å². The molecule has 0 aliphatic heterocycles. The van der Waals surface area contributed by atoms with Gasteiger partial charge in [-0.05, 0) is 29.8 Å². The van der Waals surface area contributed by atoms with Gasteiger partial charge in [0.25, 0.3) is 5.91 Å². The maximum absolute atomic E-state index is 12.3. The van der Waals surface area contributed by atoms with Crippen molar-refractivity contribution in [2.45, 2.75) is 13.0 Å². The molecule has 29 heavy (non-hydrogen) atoms. The molecule has 1 aromatic heterocycles. The van der Waals surface area contributed by atoms with Crippen LogP contribution in [0.4, 0.5) is 0 Å². The van der Waals surface area contributed by atoms with E-state index in [1.807, 2.05) is 24.3 Å². The van der Waals surface area contributed by atoms with Crippen molar-refractivity contribution in [1.29, 1.82) is 0 Å². The summed E-state index contributed by atoms with van der Waals surface area (Å²) >= 11 is 1.54. The summed E-state index contributed by atoms with van der Waals surface area (Å²) in [5.74, 6) is 0.338. The number of hydrogen-bond donors (Lipinski definition) is 0. The van der Waals surface area contributed by atoms with E-state index in [1.54, 1.807) is 43.7 Å². The molecule has 0 radical (unpaired) electrons. The molecule has 152 valence electrons. The van der Waals surface area contributed by atoms with Gasteiger partial charge in [0.05, 0.1) is 37.4 Å². The minimum absolute atomic E-state index is 0.0369. The van der Waals surface area contributed by atoms with Crippen LogP contribution >= 0.6 is 11.3 Å². The van der Waals surface area contributed by atoms with Crippen molar-refractivity contribution in [2.75, 3.05) is 27.9 Å². The summed E-state index contributed by atoms with van der Waals surface area (Å²) in [7, 11) is 4.73. The number of methoxy groups -OCH3 is 2. The van der Waals surface area contributed by atoms with Crippen LogP contribution in [-0.2, 0) is 27.3 Å². The van der Waals surface area contributed by atoms with Gasteiger partial charge in [0.15, 0.2) is 18.1 Å². The molecule has 1 amide bonds. The van der Waals surface area contributed by atoms with E-state index in [2.05, 4.69) is 4.98 Å². The van der Waals surface area contributed by atoms with Crippen LogP contribution in [0.3, 0.4) is 0 Å². The van der Waals surface area contributed by atoms with Crippen molar-refractivity contribution in [3.63, 3.8) is 0 Å². The molecule has 0 fully saturated rings. The summed E-state index contributed by atoms with van der Waals surface area (Å²) in [5, 5.41) is 0.832. The first-order valence-electron chi connectivity index (χ1n) is 8.95. The molecular formula is C21H22N2O5S. The Morgan fingerprint density at radius 3 is 2.55 bits per heavy atom. The monoisotopic (exact) mass is 414 g/mol. The Hall–Kier alpha value is -3.13. The number of hydrogen-bond acceptors (Lipinski definition) is 7. The average Bonchev–Trinajstić information content (AvgIpc) is 3.14. The van der Waals surface area contributed by atoms with Gasteiger partial charge in [-0.25, -0.2) is 4.98 Å². The smallest absolute Gasteiger partial charge is 0.310 e. The fraction of sp³-hybridized carbons (Fsp3) is 0.286. The van der Waals surface area contributed by atoms with Crippen LogP contribution in [0.5, 0.6) is 11.5 Å². The number of rotatable bonds is 8. The molecule has 7 nitrogen and oxygen atoms in total. The van der Waals surface area contributed by atoms with E-state index in [9.17, 15) is 9.59 Å². The van der Waals surface area contributed by atoms with Gasteiger partial charge in [-0.3, -0.25) is 9.59 Å². The Balaban J connectivity index is 1.50. The maximum atomic E-state index is 12.3. The third-order valence-electron chi connectivity index (χ3n) is 4.29. The molecule has 0 bridgehead atoms. The lowest BCUT2D eigenvalue weighted by Crippen LogP contribution is -2.31. The predicted molar refractivity (Wildman–Crippen MR) is 110 cm³/mol. The molecule has 0 saturated carbocycles. The van der Waals surface area contributed by atoms with E-state index in [0.717, 1.165) is 15.2 Å². The van der Waals surface area contributed by atoms with Crippen molar-refractivity contribution < 1.29 is 23.8 Å². The number of benzene rings is 2. The first kappa shape index (κ1) is 20.6. The Bertz CT molecular complexity index is 984. The van der Waals surface area contributed by atoms with E-state index < -0.39 is 5.97 Å². The van der Waals surface area contributed by atoms with E-state index in [1.165, 1.54) is 12.0 Å². The molecular weight excluding hydrogens is 392 g/mol. The minimum Gasteiger partial charge on any atom is -0.493 e. The molecule has 8 heteroatoms. The fourth-order valence-electron chi connectivity index (χ4n) is 2.74. The Labute approximate surface area is 172 Å². The molecule has 1 heterocycles. The molecule has 0 aliphatic rings. The number of aromatic nitrogens is 1. The summed E-state index contributed by atoms with van der Waals surface area (Å²) in [6.45, 7) is 0.0545. The summed E-state index contributed by atoms with van der Waals surface area (Å²) in [5.41, 5.74) is 1.62. The van der Waals surface area contributed by atoms with Crippen LogP contribution in [0.1, 0.15) is 10.6 Å². The second-order valence-electron chi connectivity index (χ2n) is 6.35. The minimum atomic E-state index is -0.487. The molecule has 2 aromatic carbocycles. The van der Waals surface area contributed by atoms with Crippen LogP contribution in [0.15, 0.2) is 42.5 Å². The van der Waals surface area contributed by atoms with Gasteiger partial charge in [-0.1, -0.05) is 18.2 Å². The van der Waals surface area contributed by atoms with E-state index >= 15 is 0 Å². The van der Waals surface area contributed by atoms with Gasteiger partial charge in [0.2, 0.25) is 0 Å². The molecule has 0 saturated heterocycles. The molecule has 0 spiro atoms. The average molecular weight is 414 g/mol. The molecule has 0 unspecified atom stereocenters. The first-order chi connectivity index (χ1) is 14.0. The molecule has 3 rings (SSSR count). The number of nitrogens with zero attached hydrogens (tertiary/aromatic N) is 2. The Kier molecular flexibility index (Phi) is 6.66. The van der Waals surface area contributed by atoms with Crippen LogP contribution in [0, 0.1) is 0 Å². The summed E-state index contributed by atoms with van der Waals surface area (Å²) in [4.78, 5) is 30.4. The zero-order valence-corrected chi connectivity index (χ0v) is 17.3. The van der Waals surface area contributed by atoms with Crippen LogP contribution in [-0.4, -0.2) is 49.6 Å². The van der Waals surface area contributed by atoms with Crippen LogP contribution in [0.2, 0.25) is 0 Å². The quantitative estimate of drug-likeness (QED) is 0.527. The maximum Gasteiger partial charge on any atom is 0.310 e. The van der Waals surface area contributed by atoms with Gasteiger partial charge < -0.3 is 19.1 Å². The van der Waals surface area contributed by atoms with Crippen LogP contribution < -0.4 is 9.47 Å². The van der Waals surface area contributed by atoms with Crippen molar-refractivity contribution >= 4 is 33.4 Å². The van der Waals surface area contributed by atoms with Gasteiger partial charge in [-0.15, -0.1) is 11.3 Å². The number of carbonyl (C=O) groups excluding carboxylic acids is 2. The number of carbonyl (C=O) groups is 2. The number of fused-ring (bicyclic) bond motifs is 1. The van der Waals surface area contributed by atoms with Crippen molar-refractivity contribution in [3.8, 4) is 11.5 Å². The highest BCUT2D eigenvalue weighted by molar-refractivity contribution is 7.18. The number of esters is 1. The number of para-hydroxylation sites is 1. The molecule has 3 aromatic rings. The van der Waals surface area contributed by atoms with Gasteiger partial charge in [-0.2, -0.15) is 0 Å². The highest BCUT2D eigenvalue weighted by Gasteiger charge is 2.15. The Morgan fingerprint density at radius 1 is 1.07 bits per heavy atom. The second-order valence-corrected chi connectivity index (χ2v) is 7.47.